The summed E-state index contributed by atoms with van der Waals surface area (Å²) in [6.07, 6.45) is 7.20. The third-order valence-electron chi connectivity index (χ3n) is 5.87. The maximum absolute atomic E-state index is 12.6. The first kappa shape index (κ1) is 19.4. The normalized spacial score (nSPS) is 22.1. The van der Waals surface area contributed by atoms with Gasteiger partial charge in [-0.2, -0.15) is 9.97 Å². The average molecular weight is 397 g/mol. The second kappa shape index (κ2) is 8.23. The number of pyridine rings is 1. The molecule has 2 aromatic rings. The summed E-state index contributed by atoms with van der Waals surface area (Å²) < 4.78 is 10.6. The third kappa shape index (κ3) is 4.26. The van der Waals surface area contributed by atoms with E-state index >= 15 is 0 Å². The second-order valence-corrected chi connectivity index (χ2v) is 7.89. The van der Waals surface area contributed by atoms with Gasteiger partial charge in [0.2, 0.25) is 23.6 Å². The molecule has 1 spiro atoms. The van der Waals surface area contributed by atoms with Gasteiger partial charge in [-0.05, 0) is 30.9 Å². The SMILES string of the molecule is COc1cc(OC)nc(N2CCC[C@@]3(CCC(=O)N(Cc4cccnc4)C3)C2)n1. The number of amides is 1. The van der Waals surface area contributed by atoms with E-state index in [1.165, 1.54) is 0 Å². The van der Waals surface area contributed by atoms with E-state index in [9.17, 15) is 4.79 Å². The van der Waals surface area contributed by atoms with E-state index in [4.69, 9.17) is 9.47 Å². The molecule has 4 heterocycles. The minimum Gasteiger partial charge on any atom is -0.481 e. The number of ether oxygens (including phenoxy) is 2. The molecular formula is C21H27N5O3. The molecule has 2 aliphatic rings. The van der Waals surface area contributed by atoms with Gasteiger partial charge in [-0.1, -0.05) is 6.07 Å². The van der Waals surface area contributed by atoms with E-state index in [-0.39, 0.29) is 11.3 Å². The van der Waals surface area contributed by atoms with Gasteiger partial charge in [0.1, 0.15) is 0 Å². The summed E-state index contributed by atoms with van der Waals surface area (Å²) in [6, 6.07) is 5.61. The van der Waals surface area contributed by atoms with Crippen molar-refractivity contribution < 1.29 is 14.3 Å². The minimum absolute atomic E-state index is 0.0496. The fraction of sp³-hybridized carbons (Fsp3) is 0.524. The molecule has 8 nitrogen and oxygen atoms in total. The number of nitrogens with zero attached hydrogens (tertiary/aromatic N) is 5. The lowest BCUT2D eigenvalue weighted by molar-refractivity contribution is -0.138. The Balaban J connectivity index is 1.53. The molecule has 1 amide bonds. The van der Waals surface area contributed by atoms with E-state index in [0.29, 0.717) is 30.7 Å². The zero-order chi connectivity index (χ0) is 20.3. The first-order valence-electron chi connectivity index (χ1n) is 9.99. The first-order valence-corrected chi connectivity index (χ1v) is 9.99. The van der Waals surface area contributed by atoms with E-state index in [0.717, 1.165) is 44.5 Å². The van der Waals surface area contributed by atoms with Crippen molar-refractivity contribution in [1.82, 2.24) is 19.9 Å². The summed E-state index contributed by atoms with van der Waals surface area (Å²) in [5.41, 5.74) is 1.11. The molecule has 0 aliphatic carbocycles. The Labute approximate surface area is 170 Å². The van der Waals surface area contributed by atoms with E-state index < -0.39 is 0 Å². The molecule has 2 saturated heterocycles. The van der Waals surface area contributed by atoms with Gasteiger partial charge in [-0.15, -0.1) is 0 Å². The number of carbonyl (C=O) groups excluding carboxylic acids is 1. The molecule has 0 unspecified atom stereocenters. The molecule has 0 saturated carbocycles. The Morgan fingerprint density at radius 1 is 1.14 bits per heavy atom. The number of anilines is 1. The molecule has 0 bridgehead atoms. The summed E-state index contributed by atoms with van der Waals surface area (Å²) in [4.78, 5) is 30.0. The van der Waals surface area contributed by atoms with Crippen molar-refractivity contribution in [3.05, 3.63) is 36.2 Å². The standard InChI is InChI=1S/C21H27N5O3/c1-28-17-11-18(29-2)24-20(23-17)25-10-4-7-21(14-25)8-6-19(27)26(15-21)13-16-5-3-9-22-12-16/h3,5,9,11-12H,4,6-8,10,13-15H2,1-2H3/t21-/m1/s1. The summed E-state index contributed by atoms with van der Waals surface area (Å²) in [7, 11) is 3.18. The van der Waals surface area contributed by atoms with Crippen LogP contribution in [0.25, 0.3) is 0 Å². The molecule has 2 aromatic heterocycles. The quantitative estimate of drug-likeness (QED) is 0.766. The maximum Gasteiger partial charge on any atom is 0.231 e. The van der Waals surface area contributed by atoms with Crippen LogP contribution in [0.1, 0.15) is 31.2 Å². The first-order chi connectivity index (χ1) is 14.1. The van der Waals surface area contributed by atoms with Crippen LogP contribution in [-0.4, -0.2) is 59.6 Å². The molecule has 2 fully saturated rings. The van der Waals surface area contributed by atoms with Crippen molar-refractivity contribution in [3.8, 4) is 11.8 Å². The Kier molecular flexibility index (Phi) is 5.51. The van der Waals surface area contributed by atoms with Crippen LogP contribution in [-0.2, 0) is 11.3 Å². The topological polar surface area (TPSA) is 80.7 Å². The van der Waals surface area contributed by atoms with Crippen LogP contribution >= 0.6 is 0 Å². The van der Waals surface area contributed by atoms with Gasteiger partial charge >= 0.3 is 0 Å². The summed E-state index contributed by atoms with van der Waals surface area (Å²) in [5.74, 6) is 1.82. The highest BCUT2D eigenvalue weighted by atomic mass is 16.5. The zero-order valence-corrected chi connectivity index (χ0v) is 17.0. The van der Waals surface area contributed by atoms with Gasteiger partial charge in [0.05, 0.1) is 20.3 Å². The molecule has 8 heteroatoms. The molecule has 0 radical (unpaired) electrons. The summed E-state index contributed by atoms with van der Waals surface area (Å²) in [6.45, 7) is 3.06. The molecule has 0 N–H and O–H groups in total. The Morgan fingerprint density at radius 3 is 2.62 bits per heavy atom. The van der Waals surface area contributed by atoms with E-state index in [1.807, 2.05) is 23.2 Å². The molecule has 29 heavy (non-hydrogen) atoms. The van der Waals surface area contributed by atoms with E-state index in [1.54, 1.807) is 26.5 Å². The van der Waals surface area contributed by atoms with Crippen LogP contribution in [0.4, 0.5) is 5.95 Å². The van der Waals surface area contributed by atoms with Gasteiger partial charge in [0, 0.05) is 50.4 Å². The summed E-state index contributed by atoms with van der Waals surface area (Å²) >= 11 is 0. The lowest BCUT2D eigenvalue weighted by Crippen LogP contribution is -2.54. The smallest absolute Gasteiger partial charge is 0.231 e. The highest BCUT2D eigenvalue weighted by Gasteiger charge is 2.42. The predicted octanol–water partition coefficient (Wildman–Crippen LogP) is 2.30. The van der Waals surface area contributed by atoms with Crippen LogP contribution in [0.5, 0.6) is 11.8 Å². The molecule has 154 valence electrons. The van der Waals surface area contributed by atoms with Gasteiger partial charge in [0.15, 0.2) is 0 Å². The minimum atomic E-state index is 0.0496. The lowest BCUT2D eigenvalue weighted by atomic mass is 9.73. The fourth-order valence-corrected chi connectivity index (χ4v) is 4.41. The Bertz CT molecular complexity index is 840. The highest BCUT2D eigenvalue weighted by Crippen LogP contribution is 2.40. The van der Waals surface area contributed by atoms with E-state index in [2.05, 4.69) is 19.9 Å². The molecule has 1 atom stereocenters. The second-order valence-electron chi connectivity index (χ2n) is 7.89. The maximum atomic E-state index is 12.6. The predicted molar refractivity (Wildman–Crippen MR) is 108 cm³/mol. The van der Waals surface area contributed by atoms with Gasteiger partial charge in [-0.25, -0.2) is 0 Å². The van der Waals surface area contributed by atoms with Crippen molar-refractivity contribution in [1.29, 1.82) is 0 Å². The third-order valence-corrected chi connectivity index (χ3v) is 5.87. The molecule has 4 rings (SSSR count). The number of rotatable bonds is 5. The Hall–Kier alpha value is -2.90. The van der Waals surface area contributed by atoms with Gasteiger partial charge < -0.3 is 19.3 Å². The monoisotopic (exact) mass is 397 g/mol. The van der Waals surface area contributed by atoms with Crippen LogP contribution in [0.2, 0.25) is 0 Å². The number of likely N-dealkylation sites (tertiary alicyclic amines) is 1. The van der Waals surface area contributed by atoms with Crippen LogP contribution in [0, 0.1) is 5.41 Å². The van der Waals surface area contributed by atoms with Crippen LogP contribution < -0.4 is 14.4 Å². The molecule has 2 aliphatic heterocycles. The Morgan fingerprint density at radius 2 is 1.93 bits per heavy atom. The number of carbonyl (C=O) groups is 1. The summed E-state index contributed by atoms with van der Waals surface area (Å²) in [5, 5.41) is 0. The van der Waals surface area contributed by atoms with Gasteiger partial charge in [0.25, 0.3) is 0 Å². The van der Waals surface area contributed by atoms with Crippen molar-refractivity contribution in [2.75, 3.05) is 38.8 Å². The van der Waals surface area contributed by atoms with Crippen LogP contribution in [0.15, 0.2) is 30.6 Å². The van der Waals surface area contributed by atoms with Gasteiger partial charge in [-0.3, -0.25) is 9.78 Å². The lowest BCUT2D eigenvalue weighted by Gasteiger charge is -2.48. The number of methoxy groups -OCH3 is 2. The fourth-order valence-electron chi connectivity index (χ4n) is 4.41. The number of aromatic nitrogens is 3. The zero-order valence-electron chi connectivity index (χ0n) is 17.0. The van der Waals surface area contributed by atoms with Crippen molar-refractivity contribution in [2.24, 2.45) is 5.41 Å². The largest absolute Gasteiger partial charge is 0.481 e. The van der Waals surface area contributed by atoms with Crippen molar-refractivity contribution in [3.63, 3.8) is 0 Å². The molecular weight excluding hydrogens is 370 g/mol. The number of hydrogen-bond donors (Lipinski definition) is 0. The highest BCUT2D eigenvalue weighted by molar-refractivity contribution is 5.77. The number of hydrogen-bond acceptors (Lipinski definition) is 7. The molecule has 0 aromatic carbocycles. The van der Waals surface area contributed by atoms with Crippen LogP contribution in [0.3, 0.4) is 0 Å². The van der Waals surface area contributed by atoms with Crippen molar-refractivity contribution in [2.45, 2.75) is 32.2 Å². The average Bonchev–Trinajstić information content (AvgIpc) is 2.77. The number of piperidine rings is 2. The van der Waals surface area contributed by atoms with Crippen molar-refractivity contribution >= 4 is 11.9 Å².